The number of carbonyl (C=O) groups is 1. The van der Waals surface area contributed by atoms with Crippen LogP contribution < -0.4 is 4.90 Å². The number of anilines is 1. The number of nitrogens with zero attached hydrogens (tertiary/aromatic N) is 6. The van der Waals surface area contributed by atoms with E-state index < -0.39 is 0 Å². The first kappa shape index (κ1) is 21.0. The molecular formula is C24H30N6O. The van der Waals surface area contributed by atoms with Gasteiger partial charge in [-0.1, -0.05) is 37.3 Å². The number of hydrogen-bond donors (Lipinski definition) is 0. The molecule has 0 N–H and O–H groups in total. The Balaban J connectivity index is 1.40. The number of aromatic nitrogens is 4. The second-order valence-electron chi connectivity index (χ2n) is 8.14. The smallest absolute Gasteiger partial charge is 0.230 e. The third-order valence-corrected chi connectivity index (χ3v) is 6.33. The van der Waals surface area contributed by atoms with Crippen LogP contribution in [0.5, 0.6) is 0 Å². The average molecular weight is 419 g/mol. The standard InChI is InChI=1S/C24H30N6O/c1-5-21(20-9-7-6-8-10-20)24(31)29-15-13-28(14-16-29)22-11-12-23(26-25-22)30-19(4)17(2)18(3)27-30/h6-12,21H,5,13-16H2,1-4H3. The maximum Gasteiger partial charge on any atom is 0.230 e. The Kier molecular flexibility index (Phi) is 6.02. The molecule has 3 aromatic rings. The zero-order chi connectivity index (χ0) is 22.0. The predicted octanol–water partition coefficient (Wildman–Crippen LogP) is 3.43. The lowest BCUT2D eigenvalue weighted by molar-refractivity contribution is -0.133. The van der Waals surface area contributed by atoms with E-state index in [-0.39, 0.29) is 11.8 Å². The van der Waals surface area contributed by atoms with Crippen LogP contribution in [0.3, 0.4) is 0 Å². The minimum Gasteiger partial charge on any atom is -0.352 e. The third kappa shape index (κ3) is 4.17. The number of rotatable bonds is 5. The fraction of sp³-hybridized carbons (Fsp3) is 0.417. The maximum absolute atomic E-state index is 13.1. The molecule has 2 aromatic heterocycles. The lowest BCUT2D eigenvalue weighted by atomic mass is 9.95. The van der Waals surface area contributed by atoms with E-state index in [2.05, 4.69) is 34.0 Å². The van der Waals surface area contributed by atoms with Crippen LogP contribution in [0, 0.1) is 20.8 Å². The van der Waals surface area contributed by atoms with Gasteiger partial charge in [0.1, 0.15) is 0 Å². The van der Waals surface area contributed by atoms with Gasteiger partial charge in [-0.15, -0.1) is 10.2 Å². The molecule has 0 bridgehead atoms. The summed E-state index contributed by atoms with van der Waals surface area (Å²) in [6.07, 6.45) is 0.807. The lowest BCUT2D eigenvalue weighted by Crippen LogP contribution is -2.50. The van der Waals surface area contributed by atoms with Crippen molar-refractivity contribution in [2.45, 2.75) is 40.0 Å². The highest BCUT2D eigenvalue weighted by molar-refractivity contribution is 5.84. The molecule has 162 valence electrons. The van der Waals surface area contributed by atoms with Crippen LogP contribution in [-0.4, -0.2) is 57.0 Å². The molecule has 7 nitrogen and oxygen atoms in total. The van der Waals surface area contributed by atoms with Crippen LogP contribution in [0.2, 0.25) is 0 Å². The van der Waals surface area contributed by atoms with Crippen molar-refractivity contribution < 1.29 is 4.79 Å². The van der Waals surface area contributed by atoms with Gasteiger partial charge in [0.25, 0.3) is 0 Å². The van der Waals surface area contributed by atoms with Gasteiger partial charge in [0.15, 0.2) is 11.6 Å². The summed E-state index contributed by atoms with van der Waals surface area (Å²) in [7, 11) is 0. The van der Waals surface area contributed by atoms with Crippen LogP contribution >= 0.6 is 0 Å². The summed E-state index contributed by atoms with van der Waals surface area (Å²) in [6.45, 7) is 11.1. The molecule has 1 aliphatic rings. The molecule has 1 unspecified atom stereocenters. The molecule has 1 atom stereocenters. The maximum atomic E-state index is 13.1. The van der Waals surface area contributed by atoms with Crippen molar-refractivity contribution in [3.8, 4) is 5.82 Å². The number of piperazine rings is 1. The van der Waals surface area contributed by atoms with Gasteiger partial charge in [-0.25, -0.2) is 4.68 Å². The molecule has 0 radical (unpaired) electrons. The van der Waals surface area contributed by atoms with Gasteiger partial charge in [0.2, 0.25) is 5.91 Å². The molecule has 1 fully saturated rings. The van der Waals surface area contributed by atoms with Crippen molar-refractivity contribution in [1.29, 1.82) is 0 Å². The Bertz CT molecular complexity index is 1040. The molecule has 1 aliphatic heterocycles. The van der Waals surface area contributed by atoms with Crippen molar-refractivity contribution in [3.63, 3.8) is 0 Å². The first-order chi connectivity index (χ1) is 15.0. The molecule has 4 rings (SSSR count). The highest BCUT2D eigenvalue weighted by atomic mass is 16.2. The van der Waals surface area contributed by atoms with E-state index in [1.807, 2.05) is 65.9 Å². The largest absolute Gasteiger partial charge is 0.352 e. The van der Waals surface area contributed by atoms with Gasteiger partial charge in [-0.2, -0.15) is 5.10 Å². The monoisotopic (exact) mass is 418 g/mol. The summed E-state index contributed by atoms with van der Waals surface area (Å²) < 4.78 is 1.84. The van der Waals surface area contributed by atoms with E-state index in [1.165, 1.54) is 5.56 Å². The molecule has 1 aromatic carbocycles. The van der Waals surface area contributed by atoms with Gasteiger partial charge in [0, 0.05) is 31.9 Å². The van der Waals surface area contributed by atoms with Gasteiger partial charge in [-0.3, -0.25) is 4.79 Å². The van der Waals surface area contributed by atoms with Gasteiger partial charge >= 0.3 is 0 Å². The fourth-order valence-corrected chi connectivity index (χ4v) is 4.16. The first-order valence-corrected chi connectivity index (χ1v) is 10.9. The molecule has 1 saturated heterocycles. The fourth-order valence-electron chi connectivity index (χ4n) is 4.16. The summed E-state index contributed by atoms with van der Waals surface area (Å²) >= 11 is 0. The molecule has 3 heterocycles. The summed E-state index contributed by atoms with van der Waals surface area (Å²) in [6, 6.07) is 14.0. The highest BCUT2D eigenvalue weighted by Crippen LogP contribution is 2.24. The van der Waals surface area contributed by atoms with E-state index >= 15 is 0 Å². The van der Waals surface area contributed by atoms with Crippen LogP contribution in [0.15, 0.2) is 42.5 Å². The normalized spacial score (nSPS) is 15.2. The first-order valence-electron chi connectivity index (χ1n) is 10.9. The van der Waals surface area contributed by atoms with Crippen LogP contribution in [0.1, 0.15) is 41.8 Å². The quantitative estimate of drug-likeness (QED) is 0.635. The van der Waals surface area contributed by atoms with E-state index in [9.17, 15) is 4.79 Å². The molecule has 0 saturated carbocycles. The van der Waals surface area contributed by atoms with Gasteiger partial charge in [0.05, 0.1) is 11.6 Å². The van der Waals surface area contributed by atoms with Gasteiger partial charge < -0.3 is 9.80 Å². The van der Waals surface area contributed by atoms with Crippen molar-refractivity contribution >= 4 is 11.7 Å². The minimum atomic E-state index is -0.0731. The second-order valence-corrected chi connectivity index (χ2v) is 8.14. The van der Waals surface area contributed by atoms with Crippen LogP contribution in [0.25, 0.3) is 5.82 Å². The zero-order valence-corrected chi connectivity index (χ0v) is 18.7. The minimum absolute atomic E-state index is 0.0731. The molecule has 31 heavy (non-hydrogen) atoms. The number of benzene rings is 1. The van der Waals surface area contributed by atoms with Crippen LogP contribution in [-0.2, 0) is 4.79 Å². The Labute approximate surface area is 183 Å². The summed E-state index contributed by atoms with van der Waals surface area (Å²) in [5, 5.41) is 13.4. The van der Waals surface area contributed by atoms with Gasteiger partial charge in [-0.05, 0) is 50.5 Å². The lowest BCUT2D eigenvalue weighted by Gasteiger charge is -2.36. The average Bonchev–Trinajstić information content (AvgIpc) is 3.07. The molecule has 1 amide bonds. The van der Waals surface area contributed by atoms with Crippen molar-refractivity contribution in [2.24, 2.45) is 0 Å². The number of hydrogen-bond acceptors (Lipinski definition) is 5. The molecule has 0 aliphatic carbocycles. The highest BCUT2D eigenvalue weighted by Gasteiger charge is 2.28. The van der Waals surface area contributed by atoms with E-state index in [1.54, 1.807) is 0 Å². The Morgan fingerprint density at radius 2 is 1.58 bits per heavy atom. The second kappa shape index (κ2) is 8.88. The molecule has 7 heteroatoms. The van der Waals surface area contributed by atoms with Crippen molar-refractivity contribution in [3.05, 3.63) is 65.0 Å². The topological polar surface area (TPSA) is 67.2 Å². The zero-order valence-electron chi connectivity index (χ0n) is 18.7. The van der Waals surface area contributed by atoms with E-state index in [0.29, 0.717) is 13.1 Å². The Hall–Kier alpha value is -3.22. The van der Waals surface area contributed by atoms with Crippen molar-refractivity contribution in [2.75, 3.05) is 31.1 Å². The summed E-state index contributed by atoms with van der Waals surface area (Å²) in [5.41, 5.74) is 4.35. The summed E-state index contributed by atoms with van der Waals surface area (Å²) in [5.74, 6) is 1.70. The number of carbonyl (C=O) groups excluding carboxylic acids is 1. The Morgan fingerprint density at radius 3 is 2.13 bits per heavy atom. The molecule has 0 spiro atoms. The number of amides is 1. The van der Waals surface area contributed by atoms with E-state index in [4.69, 9.17) is 0 Å². The van der Waals surface area contributed by atoms with Crippen molar-refractivity contribution in [1.82, 2.24) is 24.9 Å². The van der Waals surface area contributed by atoms with Crippen LogP contribution in [0.4, 0.5) is 5.82 Å². The third-order valence-electron chi connectivity index (χ3n) is 6.33. The SMILES string of the molecule is CCC(C(=O)N1CCN(c2ccc(-n3nc(C)c(C)c3C)nn2)CC1)c1ccccc1. The summed E-state index contributed by atoms with van der Waals surface area (Å²) in [4.78, 5) is 17.3. The Morgan fingerprint density at radius 1 is 0.935 bits per heavy atom. The predicted molar refractivity (Wildman–Crippen MR) is 122 cm³/mol. The number of aryl methyl sites for hydroxylation is 1. The molecular weight excluding hydrogens is 388 g/mol. The van der Waals surface area contributed by atoms with E-state index in [0.717, 1.165) is 48.1 Å².